The van der Waals surface area contributed by atoms with Crippen LogP contribution < -0.4 is 5.32 Å². The van der Waals surface area contributed by atoms with Gasteiger partial charge in [0.05, 0.1) is 13.2 Å². The first-order valence-corrected chi connectivity index (χ1v) is 9.70. The lowest BCUT2D eigenvalue weighted by molar-refractivity contribution is 0.0290. The molecule has 0 amide bonds. The third kappa shape index (κ3) is 4.23. The highest BCUT2D eigenvalue weighted by Crippen LogP contribution is 2.21. The maximum atomic E-state index is 5.49. The summed E-state index contributed by atoms with van der Waals surface area (Å²) in [5.41, 5.74) is 2.68. The van der Waals surface area contributed by atoms with E-state index in [4.69, 9.17) is 4.74 Å². The van der Waals surface area contributed by atoms with Crippen molar-refractivity contribution in [3.63, 3.8) is 0 Å². The molecule has 0 aliphatic carbocycles. The number of morpholine rings is 1. The molecule has 1 atom stereocenters. The Balaban J connectivity index is 1.47. The van der Waals surface area contributed by atoms with Crippen molar-refractivity contribution >= 4 is 10.9 Å². The molecule has 0 radical (unpaired) electrons. The predicted octanol–water partition coefficient (Wildman–Crippen LogP) is 2.05. The fourth-order valence-corrected chi connectivity index (χ4v) is 4.14. The minimum atomic E-state index is 0.643. The third-order valence-electron chi connectivity index (χ3n) is 5.65. The van der Waals surface area contributed by atoms with Gasteiger partial charge in [-0.05, 0) is 37.1 Å². The molecule has 5 nitrogen and oxygen atoms in total. The van der Waals surface area contributed by atoms with Crippen LogP contribution in [0.15, 0.2) is 30.5 Å². The Morgan fingerprint density at radius 2 is 2.12 bits per heavy atom. The molecule has 0 bridgehead atoms. The van der Waals surface area contributed by atoms with Gasteiger partial charge in [0.15, 0.2) is 0 Å². The lowest BCUT2D eigenvalue weighted by Gasteiger charge is -2.37. The lowest BCUT2D eigenvalue weighted by atomic mass is 10.0. The van der Waals surface area contributed by atoms with Crippen molar-refractivity contribution < 1.29 is 4.74 Å². The van der Waals surface area contributed by atoms with Crippen LogP contribution in [0.25, 0.3) is 10.9 Å². The van der Waals surface area contributed by atoms with Gasteiger partial charge in [0.25, 0.3) is 0 Å². The zero-order chi connectivity index (χ0) is 16.9. The average molecular weight is 342 g/mol. The number of piperidine rings is 1. The first-order chi connectivity index (χ1) is 12.4. The number of aromatic nitrogens is 1. The number of rotatable bonds is 6. The second-order valence-electron chi connectivity index (χ2n) is 7.28. The van der Waals surface area contributed by atoms with E-state index in [0.717, 1.165) is 52.5 Å². The number of hydrogen-bond acceptors (Lipinski definition) is 4. The minimum Gasteiger partial charge on any atom is -0.379 e. The van der Waals surface area contributed by atoms with Crippen molar-refractivity contribution in [2.75, 3.05) is 52.5 Å². The van der Waals surface area contributed by atoms with Crippen LogP contribution in [0.4, 0.5) is 0 Å². The van der Waals surface area contributed by atoms with Gasteiger partial charge in [0, 0.05) is 62.4 Å². The van der Waals surface area contributed by atoms with Gasteiger partial charge in [-0.25, -0.2) is 0 Å². The maximum Gasteiger partial charge on any atom is 0.0594 e. The molecule has 3 heterocycles. The van der Waals surface area contributed by atoms with E-state index < -0.39 is 0 Å². The van der Waals surface area contributed by atoms with Gasteiger partial charge in [0.2, 0.25) is 0 Å². The Bertz CT molecular complexity index is 659. The molecule has 4 rings (SSSR count). The third-order valence-corrected chi connectivity index (χ3v) is 5.65. The number of hydrogen-bond donors (Lipinski definition) is 2. The van der Waals surface area contributed by atoms with Crippen LogP contribution >= 0.6 is 0 Å². The number of nitrogens with one attached hydrogen (secondary N) is 2. The second-order valence-corrected chi connectivity index (χ2v) is 7.28. The highest BCUT2D eigenvalue weighted by molar-refractivity contribution is 5.82. The molecule has 1 aromatic carbocycles. The van der Waals surface area contributed by atoms with E-state index >= 15 is 0 Å². The van der Waals surface area contributed by atoms with Crippen molar-refractivity contribution in [1.29, 1.82) is 0 Å². The molecule has 2 fully saturated rings. The van der Waals surface area contributed by atoms with E-state index in [1.807, 2.05) is 0 Å². The van der Waals surface area contributed by atoms with E-state index in [1.54, 1.807) is 0 Å². The van der Waals surface area contributed by atoms with Gasteiger partial charge >= 0.3 is 0 Å². The summed E-state index contributed by atoms with van der Waals surface area (Å²) in [6.07, 6.45) is 4.64. The first kappa shape index (κ1) is 17.0. The summed E-state index contributed by atoms with van der Waals surface area (Å²) in [6.45, 7) is 9.50. The predicted molar refractivity (Wildman–Crippen MR) is 102 cm³/mol. The molecule has 5 heteroatoms. The lowest BCUT2D eigenvalue weighted by Crippen LogP contribution is -2.49. The molecule has 136 valence electrons. The molecule has 2 aliphatic heterocycles. The summed E-state index contributed by atoms with van der Waals surface area (Å²) in [5, 5.41) is 4.95. The highest BCUT2D eigenvalue weighted by Gasteiger charge is 2.22. The number of benzene rings is 1. The van der Waals surface area contributed by atoms with Crippen molar-refractivity contribution in [2.24, 2.45) is 0 Å². The van der Waals surface area contributed by atoms with Gasteiger partial charge in [-0.1, -0.05) is 12.1 Å². The largest absolute Gasteiger partial charge is 0.379 e. The van der Waals surface area contributed by atoms with E-state index in [-0.39, 0.29) is 0 Å². The fraction of sp³-hybridized carbons (Fsp3) is 0.600. The topological polar surface area (TPSA) is 43.5 Å². The van der Waals surface area contributed by atoms with Gasteiger partial charge in [-0.3, -0.25) is 9.80 Å². The second kappa shape index (κ2) is 8.32. The van der Waals surface area contributed by atoms with Crippen LogP contribution in [0.1, 0.15) is 18.4 Å². The molecule has 2 aromatic rings. The fourth-order valence-electron chi connectivity index (χ4n) is 4.14. The molecule has 25 heavy (non-hydrogen) atoms. The van der Waals surface area contributed by atoms with Crippen LogP contribution in [0.2, 0.25) is 0 Å². The molecule has 2 N–H and O–H groups in total. The summed E-state index contributed by atoms with van der Waals surface area (Å²) < 4.78 is 5.49. The van der Waals surface area contributed by atoms with Crippen LogP contribution in [0, 0.1) is 0 Å². The molecule has 0 spiro atoms. The molecule has 2 aliphatic rings. The Morgan fingerprint density at radius 1 is 1.20 bits per heavy atom. The number of fused-ring (bicyclic) bond motifs is 1. The summed E-state index contributed by atoms with van der Waals surface area (Å²) in [7, 11) is 0. The SMILES string of the molecule is c1cc(CN(CCN2CCOCC2)C2CCCNC2)c2cc[nH]c2c1. The Morgan fingerprint density at radius 3 is 2.96 bits per heavy atom. The Kier molecular flexibility index (Phi) is 5.67. The van der Waals surface area contributed by atoms with Crippen molar-refractivity contribution in [2.45, 2.75) is 25.4 Å². The highest BCUT2D eigenvalue weighted by atomic mass is 16.5. The molecule has 1 aromatic heterocycles. The molecule has 2 saturated heterocycles. The number of ether oxygens (including phenoxy) is 1. The summed E-state index contributed by atoms with van der Waals surface area (Å²) in [4.78, 5) is 8.59. The van der Waals surface area contributed by atoms with E-state index in [1.165, 1.54) is 35.9 Å². The number of H-pyrrole nitrogens is 1. The van der Waals surface area contributed by atoms with E-state index in [9.17, 15) is 0 Å². The van der Waals surface area contributed by atoms with Crippen molar-refractivity contribution in [3.05, 3.63) is 36.0 Å². The molecule has 0 saturated carbocycles. The molecular weight excluding hydrogens is 312 g/mol. The molecule has 1 unspecified atom stereocenters. The monoisotopic (exact) mass is 342 g/mol. The van der Waals surface area contributed by atoms with Gasteiger partial charge in [0.1, 0.15) is 0 Å². The van der Waals surface area contributed by atoms with Crippen molar-refractivity contribution in [3.8, 4) is 0 Å². The minimum absolute atomic E-state index is 0.643. The number of nitrogens with zero attached hydrogens (tertiary/aromatic N) is 2. The molecular formula is C20H30N4O. The standard InChI is InChI=1S/C20H30N4O/c1-3-17(19-6-8-22-20(19)5-1)16-24(18-4-2-7-21-15-18)10-9-23-11-13-25-14-12-23/h1,3,5-6,8,18,21-22H,2,4,7,9-16H2. The smallest absolute Gasteiger partial charge is 0.0594 e. The zero-order valence-corrected chi connectivity index (χ0v) is 15.0. The summed E-state index contributed by atoms with van der Waals surface area (Å²) in [5.74, 6) is 0. The van der Waals surface area contributed by atoms with E-state index in [2.05, 4.69) is 50.6 Å². The maximum absolute atomic E-state index is 5.49. The van der Waals surface area contributed by atoms with Gasteiger partial charge in [-0.2, -0.15) is 0 Å². The normalized spacial score (nSPS) is 22.7. The first-order valence-electron chi connectivity index (χ1n) is 9.70. The van der Waals surface area contributed by atoms with Gasteiger partial charge in [-0.15, -0.1) is 0 Å². The average Bonchev–Trinajstić information content (AvgIpc) is 3.16. The number of aromatic amines is 1. The summed E-state index contributed by atoms with van der Waals surface area (Å²) >= 11 is 0. The summed E-state index contributed by atoms with van der Waals surface area (Å²) in [6, 6.07) is 9.48. The van der Waals surface area contributed by atoms with Crippen LogP contribution in [-0.2, 0) is 11.3 Å². The van der Waals surface area contributed by atoms with Crippen molar-refractivity contribution in [1.82, 2.24) is 20.1 Å². The van der Waals surface area contributed by atoms with E-state index in [0.29, 0.717) is 6.04 Å². The van der Waals surface area contributed by atoms with Gasteiger partial charge < -0.3 is 15.0 Å². The quantitative estimate of drug-likeness (QED) is 0.843. The Labute approximate surface area is 150 Å². The zero-order valence-electron chi connectivity index (χ0n) is 15.0. The van der Waals surface area contributed by atoms with Crippen LogP contribution in [0.3, 0.4) is 0 Å². The van der Waals surface area contributed by atoms with Crippen LogP contribution in [-0.4, -0.2) is 73.3 Å². The van der Waals surface area contributed by atoms with Crippen LogP contribution in [0.5, 0.6) is 0 Å². The Hall–Kier alpha value is -1.40.